The van der Waals surface area contributed by atoms with Crippen molar-refractivity contribution in [3.63, 3.8) is 0 Å². The molecule has 0 bridgehead atoms. The van der Waals surface area contributed by atoms with Crippen LogP contribution < -0.4 is 0 Å². The van der Waals surface area contributed by atoms with Gasteiger partial charge in [-0.15, -0.1) is 0 Å². The zero-order chi connectivity index (χ0) is 13.1. The van der Waals surface area contributed by atoms with Crippen LogP contribution in [0.1, 0.15) is 24.0 Å². The Morgan fingerprint density at radius 3 is 2.17 bits per heavy atom. The van der Waals surface area contributed by atoms with Gasteiger partial charge in [-0.05, 0) is 30.2 Å². The molecule has 92 valence electrons. The molecule has 0 aliphatic rings. The summed E-state index contributed by atoms with van der Waals surface area (Å²) in [5.74, 6) is -0.208. The van der Waals surface area contributed by atoms with E-state index in [0.717, 1.165) is 11.1 Å². The van der Waals surface area contributed by atoms with Crippen molar-refractivity contribution in [3.05, 3.63) is 69.7 Å². The molecule has 1 unspecified atom stereocenters. The van der Waals surface area contributed by atoms with Crippen LogP contribution in [-0.4, -0.2) is 5.78 Å². The fourth-order valence-corrected chi connectivity index (χ4v) is 2.31. The summed E-state index contributed by atoms with van der Waals surface area (Å²) in [5.41, 5.74) is 1.83. The van der Waals surface area contributed by atoms with Crippen LogP contribution >= 0.6 is 23.2 Å². The largest absolute Gasteiger partial charge is 0.299 e. The lowest BCUT2D eigenvalue weighted by atomic mass is 9.88. The number of hydrogen-bond donors (Lipinski definition) is 0. The van der Waals surface area contributed by atoms with Crippen LogP contribution in [0.5, 0.6) is 0 Å². The Kier molecular flexibility index (Phi) is 4.05. The third-order valence-corrected chi connectivity index (χ3v) is 3.56. The summed E-state index contributed by atoms with van der Waals surface area (Å²) in [6.07, 6.45) is 0. The highest BCUT2D eigenvalue weighted by Gasteiger charge is 2.19. The summed E-state index contributed by atoms with van der Waals surface area (Å²) >= 11 is 11.9. The molecule has 0 spiro atoms. The molecule has 1 atom stereocenters. The van der Waals surface area contributed by atoms with Crippen LogP contribution in [0.15, 0.2) is 48.5 Å². The Morgan fingerprint density at radius 2 is 1.61 bits per heavy atom. The highest BCUT2D eigenvalue weighted by atomic mass is 35.5. The second-order valence-electron chi connectivity index (χ2n) is 4.13. The molecule has 2 aromatic carbocycles. The minimum Gasteiger partial charge on any atom is -0.299 e. The Labute approximate surface area is 116 Å². The summed E-state index contributed by atoms with van der Waals surface area (Å²) in [6, 6.07) is 15.0. The topological polar surface area (TPSA) is 17.1 Å². The van der Waals surface area contributed by atoms with E-state index in [2.05, 4.69) is 0 Å². The highest BCUT2D eigenvalue weighted by Crippen LogP contribution is 2.30. The number of rotatable bonds is 3. The van der Waals surface area contributed by atoms with Gasteiger partial charge >= 0.3 is 0 Å². The Morgan fingerprint density at radius 1 is 0.944 bits per heavy atom. The minimum absolute atomic E-state index is 0.0830. The molecule has 0 aliphatic heterocycles. The molecule has 0 fully saturated rings. The molecular formula is C15H12Cl2O. The van der Waals surface area contributed by atoms with Crippen molar-refractivity contribution in [3.8, 4) is 0 Å². The quantitative estimate of drug-likeness (QED) is 0.794. The average molecular weight is 279 g/mol. The van der Waals surface area contributed by atoms with Crippen LogP contribution in [-0.2, 0) is 4.79 Å². The van der Waals surface area contributed by atoms with Crippen LogP contribution in [0.2, 0.25) is 10.0 Å². The molecule has 2 aromatic rings. The summed E-state index contributed by atoms with van der Waals surface area (Å²) in [4.78, 5) is 11.9. The van der Waals surface area contributed by atoms with Crippen molar-refractivity contribution in [1.29, 1.82) is 0 Å². The minimum atomic E-state index is -0.291. The molecule has 0 aromatic heterocycles. The molecule has 0 saturated heterocycles. The Bertz CT molecular complexity index is 564. The summed E-state index contributed by atoms with van der Waals surface area (Å²) < 4.78 is 0. The molecular weight excluding hydrogens is 267 g/mol. The van der Waals surface area contributed by atoms with Crippen LogP contribution in [0, 0.1) is 0 Å². The summed E-state index contributed by atoms with van der Waals surface area (Å²) in [6.45, 7) is 1.58. The predicted molar refractivity (Wildman–Crippen MR) is 75.4 cm³/mol. The van der Waals surface area contributed by atoms with Gasteiger partial charge in [0.1, 0.15) is 5.78 Å². The first kappa shape index (κ1) is 13.1. The molecule has 0 aliphatic carbocycles. The number of hydrogen-bond acceptors (Lipinski definition) is 1. The lowest BCUT2D eigenvalue weighted by molar-refractivity contribution is -0.117. The molecule has 2 rings (SSSR count). The molecule has 0 radical (unpaired) electrons. The lowest BCUT2D eigenvalue weighted by Gasteiger charge is -2.15. The second-order valence-corrected chi connectivity index (χ2v) is 4.94. The standard InChI is InChI=1S/C15H12Cl2O/c1-10(18)15(11-5-3-2-4-6-11)12-7-8-13(16)14(17)9-12/h2-9,15H,1H3. The van der Waals surface area contributed by atoms with Gasteiger partial charge in [0.25, 0.3) is 0 Å². The van der Waals surface area contributed by atoms with Gasteiger partial charge < -0.3 is 0 Å². The molecule has 0 saturated carbocycles. The second kappa shape index (κ2) is 5.55. The first-order chi connectivity index (χ1) is 8.59. The molecule has 0 N–H and O–H groups in total. The average Bonchev–Trinajstić information content (AvgIpc) is 2.35. The number of carbonyl (C=O) groups excluding carboxylic acids is 1. The van der Waals surface area contributed by atoms with Crippen LogP contribution in [0.4, 0.5) is 0 Å². The number of halogens is 2. The molecule has 0 amide bonds. The van der Waals surface area contributed by atoms with E-state index < -0.39 is 0 Å². The van der Waals surface area contributed by atoms with E-state index in [9.17, 15) is 4.79 Å². The number of benzene rings is 2. The number of Topliss-reactive ketones (excluding diaryl/α,β-unsaturated/α-hetero) is 1. The van der Waals surface area contributed by atoms with Crippen molar-refractivity contribution in [1.82, 2.24) is 0 Å². The number of ketones is 1. The van der Waals surface area contributed by atoms with E-state index in [1.807, 2.05) is 36.4 Å². The normalized spacial score (nSPS) is 12.2. The maximum absolute atomic E-state index is 11.9. The third-order valence-electron chi connectivity index (χ3n) is 2.82. The van der Waals surface area contributed by atoms with E-state index in [0.29, 0.717) is 10.0 Å². The van der Waals surface area contributed by atoms with Crippen molar-refractivity contribution in [2.45, 2.75) is 12.8 Å². The zero-order valence-corrected chi connectivity index (χ0v) is 11.4. The monoisotopic (exact) mass is 278 g/mol. The molecule has 3 heteroatoms. The van der Waals surface area contributed by atoms with Crippen LogP contribution in [0.25, 0.3) is 0 Å². The Hall–Kier alpha value is -1.31. The summed E-state index contributed by atoms with van der Waals surface area (Å²) in [5, 5.41) is 0.965. The fourth-order valence-electron chi connectivity index (χ4n) is 2.00. The van der Waals surface area contributed by atoms with Crippen LogP contribution in [0.3, 0.4) is 0 Å². The maximum atomic E-state index is 11.9. The van der Waals surface area contributed by atoms with E-state index in [1.54, 1.807) is 19.1 Å². The number of carbonyl (C=O) groups is 1. The predicted octanol–water partition coefficient (Wildman–Crippen LogP) is 4.71. The lowest BCUT2D eigenvalue weighted by Crippen LogP contribution is -2.10. The maximum Gasteiger partial charge on any atom is 0.141 e. The molecule has 1 nitrogen and oxygen atoms in total. The smallest absolute Gasteiger partial charge is 0.141 e. The van der Waals surface area contributed by atoms with Crippen molar-refractivity contribution in [2.24, 2.45) is 0 Å². The van der Waals surface area contributed by atoms with E-state index in [1.165, 1.54) is 0 Å². The van der Waals surface area contributed by atoms with Gasteiger partial charge in [0.05, 0.1) is 16.0 Å². The van der Waals surface area contributed by atoms with Gasteiger partial charge in [0, 0.05) is 0 Å². The molecule has 18 heavy (non-hydrogen) atoms. The van der Waals surface area contributed by atoms with Crippen molar-refractivity contribution < 1.29 is 4.79 Å². The van der Waals surface area contributed by atoms with Crippen molar-refractivity contribution >= 4 is 29.0 Å². The Balaban J connectivity index is 2.49. The van der Waals surface area contributed by atoms with E-state index in [4.69, 9.17) is 23.2 Å². The zero-order valence-electron chi connectivity index (χ0n) is 9.86. The summed E-state index contributed by atoms with van der Waals surface area (Å²) in [7, 11) is 0. The van der Waals surface area contributed by atoms with E-state index in [-0.39, 0.29) is 11.7 Å². The molecule has 0 heterocycles. The first-order valence-corrected chi connectivity index (χ1v) is 6.35. The van der Waals surface area contributed by atoms with Crippen molar-refractivity contribution in [2.75, 3.05) is 0 Å². The third kappa shape index (κ3) is 2.74. The van der Waals surface area contributed by atoms with Gasteiger partial charge in [-0.3, -0.25) is 4.79 Å². The fraction of sp³-hybridized carbons (Fsp3) is 0.133. The van der Waals surface area contributed by atoms with Gasteiger partial charge in [0.15, 0.2) is 0 Å². The van der Waals surface area contributed by atoms with Gasteiger partial charge in [-0.1, -0.05) is 59.6 Å². The van der Waals surface area contributed by atoms with Gasteiger partial charge in [-0.2, -0.15) is 0 Å². The van der Waals surface area contributed by atoms with E-state index >= 15 is 0 Å². The SMILES string of the molecule is CC(=O)C(c1ccccc1)c1ccc(Cl)c(Cl)c1. The van der Waals surface area contributed by atoms with Gasteiger partial charge in [0.2, 0.25) is 0 Å². The highest BCUT2D eigenvalue weighted by molar-refractivity contribution is 6.42. The first-order valence-electron chi connectivity index (χ1n) is 5.60. The van der Waals surface area contributed by atoms with Gasteiger partial charge in [-0.25, -0.2) is 0 Å².